The predicted octanol–water partition coefficient (Wildman–Crippen LogP) is -0.312. The summed E-state index contributed by atoms with van der Waals surface area (Å²) < 4.78 is 5.16. The van der Waals surface area contributed by atoms with Gasteiger partial charge in [-0.3, -0.25) is 4.79 Å². The van der Waals surface area contributed by atoms with Gasteiger partial charge >= 0.3 is 5.97 Å². The summed E-state index contributed by atoms with van der Waals surface area (Å²) in [5.41, 5.74) is -0.426. The molecule has 2 fully saturated rings. The van der Waals surface area contributed by atoms with Gasteiger partial charge in [0.25, 0.3) is 0 Å². The lowest BCUT2D eigenvalue weighted by Gasteiger charge is -2.38. The standard InChI is InChI=1S/C12H20N2O4/c1-2-12(3-4-13-8-12)11(17)14-5-6-18-7-9(14)10(15)16/h9,13H,2-8H2,1H3,(H,15,16). The van der Waals surface area contributed by atoms with Crippen molar-refractivity contribution in [3.8, 4) is 0 Å². The molecule has 0 bridgehead atoms. The Kier molecular flexibility index (Phi) is 3.87. The van der Waals surface area contributed by atoms with Gasteiger partial charge in [-0.15, -0.1) is 0 Å². The van der Waals surface area contributed by atoms with Crippen molar-refractivity contribution in [2.24, 2.45) is 5.41 Å². The second kappa shape index (κ2) is 5.24. The minimum absolute atomic E-state index is 0.0364. The summed E-state index contributed by atoms with van der Waals surface area (Å²) in [6.07, 6.45) is 1.52. The van der Waals surface area contributed by atoms with E-state index in [0.29, 0.717) is 19.7 Å². The van der Waals surface area contributed by atoms with Crippen molar-refractivity contribution in [3.05, 3.63) is 0 Å². The summed E-state index contributed by atoms with van der Waals surface area (Å²) in [5, 5.41) is 12.4. The smallest absolute Gasteiger partial charge is 0.328 e. The topological polar surface area (TPSA) is 78.9 Å². The monoisotopic (exact) mass is 256 g/mol. The molecule has 1 amide bonds. The molecule has 2 unspecified atom stereocenters. The lowest BCUT2D eigenvalue weighted by molar-refractivity contribution is -0.163. The highest BCUT2D eigenvalue weighted by molar-refractivity contribution is 5.88. The Labute approximate surface area is 106 Å². The van der Waals surface area contributed by atoms with Gasteiger partial charge in [0.15, 0.2) is 6.04 Å². The van der Waals surface area contributed by atoms with Crippen molar-refractivity contribution in [1.29, 1.82) is 0 Å². The Balaban J connectivity index is 2.17. The maximum atomic E-state index is 12.6. The molecule has 102 valence electrons. The number of amides is 1. The molecule has 0 radical (unpaired) electrons. The molecule has 0 aromatic carbocycles. The summed E-state index contributed by atoms with van der Waals surface area (Å²) in [7, 11) is 0. The Hall–Kier alpha value is -1.14. The molecule has 0 aliphatic carbocycles. The van der Waals surface area contributed by atoms with Gasteiger partial charge in [-0.05, 0) is 19.4 Å². The predicted molar refractivity (Wildman–Crippen MR) is 64.2 cm³/mol. The number of ether oxygens (including phenoxy) is 1. The SMILES string of the molecule is CCC1(C(=O)N2CCOCC2C(=O)O)CCNC1. The normalized spacial score (nSPS) is 32.5. The van der Waals surface area contributed by atoms with Gasteiger partial charge in [0.05, 0.1) is 18.6 Å². The van der Waals surface area contributed by atoms with Crippen LogP contribution in [0.25, 0.3) is 0 Å². The van der Waals surface area contributed by atoms with E-state index in [0.717, 1.165) is 19.4 Å². The molecular formula is C12H20N2O4. The third kappa shape index (κ3) is 2.22. The first-order valence-electron chi connectivity index (χ1n) is 6.43. The molecule has 6 nitrogen and oxygen atoms in total. The fraction of sp³-hybridized carbons (Fsp3) is 0.833. The van der Waals surface area contributed by atoms with E-state index >= 15 is 0 Å². The van der Waals surface area contributed by atoms with E-state index in [2.05, 4.69) is 5.32 Å². The van der Waals surface area contributed by atoms with E-state index in [1.54, 1.807) is 0 Å². The second-order valence-corrected chi connectivity index (χ2v) is 4.99. The Morgan fingerprint density at radius 3 is 2.89 bits per heavy atom. The van der Waals surface area contributed by atoms with Crippen molar-refractivity contribution >= 4 is 11.9 Å². The van der Waals surface area contributed by atoms with Crippen molar-refractivity contribution in [1.82, 2.24) is 10.2 Å². The highest BCUT2D eigenvalue weighted by Crippen LogP contribution is 2.32. The second-order valence-electron chi connectivity index (χ2n) is 4.99. The van der Waals surface area contributed by atoms with Crippen molar-refractivity contribution in [3.63, 3.8) is 0 Å². The first-order valence-corrected chi connectivity index (χ1v) is 6.43. The van der Waals surface area contributed by atoms with Gasteiger partial charge < -0.3 is 20.1 Å². The Morgan fingerprint density at radius 2 is 2.33 bits per heavy atom. The third-order valence-corrected chi connectivity index (χ3v) is 4.05. The summed E-state index contributed by atoms with van der Waals surface area (Å²) in [4.78, 5) is 25.3. The largest absolute Gasteiger partial charge is 0.480 e. The molecule has 0 aromatic rings. The van der Waals surface area contributed by atoms with Crippen LogP contribution in [0.3, 0.4) is 0 Å². The third-order valence-electron chi connectivity index (χ3n) is 4.05. The highest BCUT2D eigenvalue weighted by atomic mass is 16.5. The number of morpholine rings is 1. The number of hydrogen-bond acceptors (Lipinski definition) is 4. The number of carboxylic acid groups (broad SMARTS) is 1. The van der Waals surface area contributed by atoms with Crippen LogP contribution in [0.15, 0.2) is 0 Å². The van der Waals surface area contributed by atoms with E-state index in [9.17, 15) is 9.59 Å². The van der Waals surface area contributed by atoms with E-state index in [1.165, 1.54) is 4.90 Å². The molecular weight excluding hydrogens is 236 g/mol. The van der Waals surface area contributed by atoms with Gasteiger partial charge in [-0.1, -0.05) is 6.92 Å². The zero-order valence-corrected chi connectivity index (χ0v) is 10.6. The molecule has 2 aliphatic rings. The fourth-order valence-corrected chi connectivity index (χ4v) is 2.74. The molecule has 0 aromatic heterocycles. The number of carboxylic acids is 1. The number of carbonyl (C=O) groups excluding carboxylic acids is 1. The zero-order chi connectivity index (χ0) is 13.2. The lowest BCUT2D eigenvalue weighted by Crippen LogP contribution is -2.57. The van der Waals surface area contributed by atoms with Gasteiger partial charge in [-0.25, -0.2) is 4.79 Å². The lowest BCUT2D eigenvalue weighted by atomic mass is 9.82. The van der Waals surface area contributed by atoms with Crippen LogP contribution >= 0.6 is 0 Å². The Bertz CT molecular complexity index is 339. The molecule has 0 saturated carbocycles. The minimum atomic E-state index is -0.986. The summed E-state index contributed by atoms with van der Waals surface area (Å²) in [6, 6.07) is -0.838. The van der Waals surface area contributed by atoms with Crippen LogP contribution in [0.5, 0.6) is 0 Å². The van der Waals surface area contributed by atoms with Crippen LogP contribution in [0.2, 0.25) is 0 Å². The van der Waals surface area contributed by atoms with Crippen molar-refractivity contribution < 1.29 is 19.4 Å². The number of nitrogens with one attached hydrogen (secondary N) is 1. The molecule has 18 heavy (non-hydrogen) atoms. The zero-order valence-electron chi connectivity index (χ0n) is 10.6. The van der Waals surface area contributed by atoms with E-state index < -0.39 is 17.4 Å². The van der Waals surface area contributed by atoms with Crippen LogP contribution in [0, 0.1) is 5.41 Å². The maximum absolute atomic E-state index is 12.6. The number of aliphatic carboxylic acids is 1. The minimum Gasteiger partial charge on any atom is -0.480 e. The van der Waals surface area contributed by atoms with E-state index in [-0.39, 0.29) is 12.5 Å². The van der Waals surface area contributed by atoms with Crippen LogP contribution in [0.4, 0.5) is 0 Å². The fourth-order valence-electron chi connectivity index (χ4n) is 2.74. The van der Waals surface area contributed by atoms with Crippen LogP contribution < -0.4 is 5.32 Å². The molecule has 2 aliphatic heterocycles. The summed E-state index contributed by atoms with van der Waals surface area (Å²) in [6.45, 7) is 4.34. The summed E-state index contributed by atoms with van der Waals surface area (Å²) in [5.74, 6) is -1.02. The van der Waals surface area contributed by atoms with Crippen molar-refractivity contribution in [2.75, 3.05) is 32.8 Å². The van der Waals surface area contributed by atoms with Crippen LogP contribution in [0.1, 0.15) is 19.8 Å². The maximum Gasteiger partial charge on any atom is 0.328 e. The van der Waals surface area contributed by atoms with Gasteiger partial charge in [0.2, 0.25) is 5.91 Å². The summed E-state index contributed by atoms with van der Waals surface area (Å²) >= 11 is 0. The van der Waals surface area contributed by atoms with Crippen LogP contribution in [-0.2, 0) is 14.3 Å². The first-order chi connectivity index (χ1) is 8.60. The van der Waals surface area contributed by atoms with E-state index in [4.69, 9.17) is 9.84 Å². The average molecular weight is 256 g/mol. The van der Waals surface area contributed by atoms with Gasteiger partial charge in [0.1, 0.15) is 0 Å². The molecule has 2 saturated heterocycles. The molecule has 2 N–H and O–H groups in total. The number of nitrogens with zero attached hydrogens (tertiary/aromatic N) is 1. The molecule has 0 spiro atoms. The quantitative estimate of drug-likeness (QED) is 0.724. The highest BCUT2D eigenvalue weighted by Gasteiger charge is 2.45. The Morgan fingerprint density at radius 1 is 1.56 bits per heavy atom. The average Bonchev–Trinajstić information content (AvgIpc) is 2.87. The van der Waals surface area contributed by atoms with Crippen LogP contribution in [-0.4, -0.2) is 60.8 Å². The van der Waals surface area contributed by atoms with Gasteiger partial charge in [0, 0.05) is 13.1 Å². The molecule has 6 heteroatoms. The molecule has 2 heterocycles. The van der Waals surface area contributed by atoms with E-state index in [1.807, 2.05) is 6.92 Å². The number of carbonyl (C=O) groups is 2. The van der Waals surface area contributed by atoms with Gasteiger partial charge in [-0.2, -0.15) is 0 Å². The van der Waals surface area contributed by atoms with Crippen molar-refractivity contribution in [2.45, 2.75) is 25.8 Å². The first kappa shape index (κ1) is 13.3. The molecule has 2 rings (SSSR count). The number of hydrogen-bond donors (Lipinski definition) is 2. The molecule has 2 atom stereocenters. The number of rotatable bonds is 3.